The van der Waals surface area contributed by atoms with Crippen LogP contribution in [0.1, 0.15) is 24.8 Å². The molecule has 8 heteroatoms. The van der Waals surface area contributed by atoms with Crippen LogP contribution in [-0.2, 0) is 0 Å². The van der Waals surface area contributed by atoms with E-state index < -0.39 is 36.0 Å². The molecule has 2 aliphatic rings. The molecule has 5 nitrogen and oxygen atoms in total. The SMILES string of the molecule is N#Cc1cc(F)cc(NC(=O)N2CC(F)(F)C(O)C23CCC3)c1. The highest BCUT2D eigenvalue weighted by Gasteiger charge is 2.66. The van der Waals surface area contributed by atoms with Crippen LogP contribution < -0.4 is 5.32 Å². The molecule has 0 aromatic heterocycles. The number of aliphatic hydroxyl groups is 1. The fourth-order valence-electron chi connectivity index (χ4n) is 3.27. The van der Waals surface area contributed by atoms with Gasteiger partial charge in [-0.05, 0) is 37.5 Å². The van der Waals surface area contributed by atoms with E-state index >= 15 is 0 Å². The number of hydrogen-bond donors (Lipinski definition) is 2. The van der Waals surface area contributed by atoms with Gasteiger partial charge in [-0.1, -0.05) is 0 Å². The first kappa shape index (κ1) is 15.6. The van der Waals surface area contributed by atoms with Crippen LogP contribution in [0.25, 0.3) is 0 Å². The maximum atomic E-state index is 13.8. The number of urea groups is 1. The molecule has 2 fully saturated rings. The monoisotopic (exact) mass is 325 g/mol. The highest BCUT2D eigenvalue weighted by molar-refractivity contribution is 5.90. The van der Waals surface area contributed by atoms with Crippen molar-refractivity contribution in [2.45, 2.75) is 36.8 Å². The summed E-state index contributed by atoms with van der Waals surface area (Å²) in [6.45, 7) is -0.888. The number of carbonyl (C=O) groups excluding carboxylic acids is 1. The summed E-state index contributed by atoms with van der Waals surface area (Å²) in [5, 5.41) is 21.0. The highest BCUT2D eigenvalue weighted by atomic mass is 19.3. The standard InChI is InChI=1S/C15H14F3N3O2/c16-10-4-9(7-19)5-11(6-10)20-13(23)21-8-15(17,18)12(22)14(21)2-1-3-14/h4-6,12,22H,1-3,8H2,(H,20,23). The number of amides is 2. The molecule has 2 N–H and O–H groups in total. The van der Waals surface area contributed by atoms with Crippen LogP contribution in [0.4, 0.5) is 23.7 Å². The van der Waals surface area contributed by atoms with Crippen molar-refractivity contribution in [3.05, 3.63) is 29.6 Å². The third kappa shape index (κ3) is 2.41. The average Bonchev–Trinajstić information content (AvgIpc) is 2.65. The fraction of sp³-hybridized carbons (Fsp3) is 0.467. The second-order valence-corrected chi connectivity index (χ2v) is 5.98. The summed E-state index contributed by atoms with van der Waals surface area (Å²) in [5.41, 5.74) is -1.25. The van der Waals surface area contributed by atoms with E-state index in [9.17, 15) is 23.1 Å². The van der Waals surface area contributed by atoms with Gasteiger partial charge in [0.25, 0.3) is 5.92 Å². The van der Waals surface area contributed by atoms with Gasteiger partial charge >= 0.3 is 6.03 Å². The van der Waals surface area contributed by atoms with E-state index in [1.54, 1.807) is 6.07 Å². The van der Waals surface area contributed by atoms with Gasteiger partial charge in [-0.2, -0.15) is 5.26 Å². The Balaban J connectivity index is 1.84. The van der Waals surface area contributed by atoms with Crippen molar-refractivity contribution in [3.8, 4) is 6.07 Å². The third-order valence-electron chi connectivity index (χ3n) is 4.56. The topological polar surface area (TPSA) is 76.4 Å². The Kier molecular flexibility index (Phi) is 3.48. The zero-order valence-corrected chi connectivity index (χ0v) is 12.0. The molecule has 23 heavy (non-hydrogen) atoms. The second-order valence-electron chi connectivity index (χ2n) is 5.98. The highest BCUT2D eigenvalue weighted by Crippen LogP contribution is 2.51. The molecule has 2 amide bonds. The maximum absolute atomic E-state index is 13.8. The zero-order valence-electron chi connectivity index (χ0n) is 12.0. The van der Waals surface area contributed by atoms with E-state index in [4.69, 9.17) is 5.26 Å². The number of aliphatic hydroxyl groups excluding tert-OH is 1. The van der Waals surface area contributed by atoms with Gasteiger partial charge in [0.15, 0.2) is 0 Å². The van der Waals surface area contributed by atoms with Crippen LogP contribution in [0, 0.1) is 17.1 Å². The van der Waals surface area contributed by atoms with E-state index in [0.29, 0.717) is 19.3 Å². The number of rotatable bonds is 1. The molecule has 1 saturated carbocycles. The summed E-state index contributed by atoms with van der Waals surface area (Å²) in [4.78, 5) is 13.3. The van der Waals surface area contributed by atoms with Crippen molar-refractivity contribution in [3.63, 3.8) is 0 Å². The summed E-state index contributed by atoms with van der Waals surface area (Å²) in [6.07, 6.45) is -0.667. The van der Waals surface area contributed by atoms with Crippen molar-refractivity contribution in [1.82, 2.24) is 4.90 Å². The van der Waals surface area contributed by atoms with Crippen LogP contribution in [0.5, 0.6) is 0 Å². The number of alkyl halides is 2. The third-order valence-corrected chi connectivity index (χ3v) is 4.56. The summed E-state index contributed by atoms with van der Waals surface area (Å²) in [6, 6.07) is 4.15. The number of anilines is 1. The molecule has 0 radical (unpaired) electrons. The minimum Gasteiger partial charge on any atom is -0.384 e. The van der Waals surface area contributed by atoms with E-state index in [1.165, 1.54) is 6.07 Å². The van der Waals surface area contributed by atoms with E-state index in [-0.39, 0.29) is 11.3 Å². The van der Waals surface area contributed by atoms with Gasteiger partial charge < -0.3 is 15.3 Å². The number of carbonyl (C=O) groups is 1. The van der Waals surface area contributed by atoms with Gasteiger partial charge in [-0.25, -0.2) is 18.0 Å². The Bertz CT molecular complexity index is 698. The molecule has 1 atom stereocenters. The summed E-state index contributed by atoms with van der Waals surface area (Å²) < 4.78 is 41.0. The number of nitrogens with zero attached hydrogens (tertiary/aromatic N) is 2. The van der Waals surface area contributed by atoms with Gasteiger partial charge in [-0.15, -0.1) is 0 Å². The number of hydrogen-bond acceptors (Lipinski definition) is 3. The molecule has 3 rings (SSSR count). The Morgan fingerprint density at radius 2 is 2.09 bits per heavy atom. The first-order valence-electron chi connectivity index (χ1n) is 7.14. The minimum absolute atomic E-state index is 0.00504. The molecule has 1 aliphatic carbocycles. The molecular formula is C15H14F3N3O2. The van der Waals surface area contributed by atoms with Gasteiger partial charge in [0.1, 0.15) is 11.9 Å². The Hall–Kier alpha value is -2.27. The van der Waals surface area contributed by atoms with Crippen LogP contribution in [0.15, 0.2) is 18.2 Å². The van der Waals surface area contributed by atoms with E-state index in [1.807, 2.05) is 0 Å². The molecule has 1 spiro atoms. The van der Waals surface area contributed by atoms with Crippen molar-refractivity contribution < 1.29 is 23.1 Å². The molecule has 1 unspecified atom stereocenters. The average molecular weight is 325 g/mol. The smallest absolute Gasteiger partial charge is 0.322 e. The lowest BCUT2D eigenvalue weighted by Crippen LogP contribution is -2.59. The lowest BCUT2D eigenvalue weighted by atomic mass is 9.72. The molecule has 1 saturated heterocycles. The largest absolute Gasteiger partial charge is 0.384 e. The predicted molar refractivity (Wildman–Crippen MR) is 74.4 cm³/mol. The normalized spacial score (nSPS) is 24.1. The lowest BCUT2D eigenvalue weighted by molar-refractivity contribution is -0.111. The van der Waals surface area contributed by atoms with Gasteiger partial charge in [-0.3, -0.25) is 0 Å². The summed E-state index contributed by atoms with van der Waals surface area (Å²) in [5.74, 6) is -4.10. The summed E-state index contributed by atoms with van der Waals surface area (Å²) in [7, 11) is 0. The van der Waals surface area contributed by atoms with Crippen LogP contribution in [-0.4, -0.2) is 40.1 Å². The van der Waals surface area contributed by atoms with Crippen LogP contribution in [0.3, 0.4) is 0 Å². The van der Waals surface area contributed by atoms with Gasteiger partial charge in [0.05, 0.1) is 23.7 Å². The molecule has 1 aromatic rings. The molecule has 122 valence electrons. The van der Waals surface area contributed by atoms with E-state index in [2.05, 4.69) is 5.32 Å². The van der Waals surface area contributed by atoms with Crippen LogP contribution >= 0.6 is 0 Å². The Morgan fingerprint density at radius 3 is 2.65 bits per heavy atom. The van der Waals surface area contributed by atoms with Gasteiger partial charge in [0, 0.05) is 5.69 Å². The molecule has 1 aliphatic heterocycles. The quantitative estimate of drug-likeness (QED) is 0.833. The second kappa shape index (κ2) is 5.13. The fourth-order valence-corrected chi connectivity index (χ4v) is 3.27. The zero-order chi connectivity index (χ0) is 16.8. The lowest BCUT2D eigenvalue weighted by Gasteiger charge is -2.46. The minimum atomic E-state index is -3.38. The van der Waals surface area contributed by atoms with Crippen molar-refractivity contribution in [2.75, 3.05) is 11.9 Å². The first-order valence-corrected chi connectivity index (χ1v) is 7.14. The number of nitriles is 1. The summed E-state index contributed by atoms with van der Waals surface area (Å²) >= 11 is 0. The molecular weight excluding hydrogens is 311 g/mol. The van der Waals surface area contributed by atoms with Crippen LogP contribution in [0.2, 0.25) is 0 Å². The Morgan fingerprint density at radius 1 is 1.39 bits per heavy atom. The maximum Gasteiger partial charge on any atom is 0.322 e. The van der Waals surface area contributed by atoms with Crippen molar-refractivity contribution >= 4 is 11.7 Å². The number of likely N-dealkylation sites (tertiary alicyclic amines) is 1. The van der Waals surface area contributed by atoms with Gasteiger partial charge in [0.2, 0.25) is 0 Å². The molecule has 1 heterocycles. The first-order chi connectivity index (χ1) is 10.8. The number of nitrogens with one attached hydrogen (secondary N) is 1. The van der Waals surface area contributed by atoms with Crippen molar-refractivity contribution in [1.29, 1.82) is 5.26 Å². The predicted octanol–water partition coefficient (Wildman–Crippen LogP) is 2.46. The Labute approximate surface area is 130 Å². The number of halogens is 3. The molecule has 1 aromatic carbocycles. The number of benzene rings is 1. The van der Waals surface area contributed by atoms with Crippen molar-refractivity contribution in [2.24, 2.45) is 0 Å². The van der Waals surface area contributed by atoms with E-state index in [0.717, 1.165) is 17.0 Å². The molecule has 0 bridgehead atoms.